The molecule has 0 aliphatic carbocycles. The Bertz CT molecular complexity index is 597. The largest absolute Gasteiger partial charge is 0.481 e. The van der Waals surface area contributed by atoms with Crippen molar-refractivity contribution in [3.8, 4) is 0 Å². The molecule has 1 aliphatic heterocycles. The maximum atomic E-state index is 12.0. The Morgan fingerprint density at radius 1 is 1.12 bits per heavy atom. The van der Waals surface area contributed by atoms with E-state index in [0.29, 0.717) is 0 Å². The average molecular weight is 348 g/mol. The Morgan fingerprint density at radius 3 is 2.32 bits per heavy atom. The summed E-state index contributed by atoms with van der Waals surface area (Å²) in [4.78, 5) is 36.0. The summed E-state index contributed by atoms with van der Waals surface area (Å²) in [6, 6.07) is 8.83. The third-order valence-electron chi connectivity index (χ3n) is 4.44. The van der Waals surface area contributed by atoms with Gasteiger partial charge in [0.15, 0.2) is 0 Å². The number of aliphatic carboxylic acids is 2. The fraction of sp³-hybridized carbons (Fsp3) is 0.500. The van der Waals surface area contributed by atoms with Crippen LogP contribution in [0.1, 0.15) is 31.2 Å². The van der Waals surface area contributed by atoms with Crippen LogP contribution in [0.15, 0.2) is 30.3 Å². The van der Waals surface area contributed by atoms with Crippen molar-refractivity contribution in [1.29, 1.82) is 0 Å². The Morgan fingerprint density at radius 2 is 1.76 bits per heavy atom. The minimum absolute atomic E-state index is 0.200. The van der Waals surface area contributed by atoms with Gasteiger partial charge in [-0.1, -0.05) is 30.3 Å². The average Bonchev–Trinajstić information content (AvgIpc) is 2.56. The molecule has 136 valence electrons. The second kappa shape index (κ2) is 9.17. The molecule has 0 radical (unpaired) electrons. The molecule has 0 spiro atoms. The van der Waals surface area contributed by atoms with Crippen molar-refractivity contribution in [3.63, 3.8) is 0 Å². The standard InChI is InChI=1S/C18H24N2O5/c21-16(19-15(18(24)25)11-17(22)23)10-13-6-8-20(9-7-13)12-14-4-2-1-3-5-14/h1-5,13,15H,6-12H2,(H,19,21)(H,22,23)(H,24,25)/t15-/m0/s1. The molecule has 7 heteroatoms. The number of nitrogens with zero attached hydrogens (tertiary/aromatic N) is 1. The molecule has 25 heavy (non-hydrogen) atoms. The molecule has 2 rings (SSSR count). The number of amides is 1. The number of carboxylic acid groups (broad SMARTS) is 2. The summed E-state index contributed by atoms with van der Waals surface area (Å²) in [6.45, 7) is 2.67. The van der Waals surface area contributed by atoms with E-state index in [1.54, 1.807) is 0 Å². The Labute approximate surface area is 146 Å². The van der Waals surface area contributed by atoms with Gasteiger partial charge in [0.1, 0.15) is 6.04 Å². The molecule has 1 aromatic carbocycles. The number of likely N-dealkylation sites (tertiary alicyclic amines) is 1. The minimum atomic E-state index is -1.37. The molecule has 1 aromatic rings. The number of carbonyl (C=O) groups excluding carboxylic acids is 1. The van der Waals surface area contributed by atoms with Gasteiger partial charge in [-0.05, 0) is 37.4 Å². The smallest absolute Gasteiger partial charge is 0.326 e. The molecule has 3 N–H and O–H groups in total. The SMILES string of the molecule is O=C(O)C[C@H](NC(=O)CC1CCN(Cc2ccccc2)CC1)C(=O)O. The second-order valence-corrected chi connectivity index (χ2v) is 6.47. The van der Waals surface area contributed by atoms with Gasteiger partial charge in [-0.25, -0.2) is 4.79 Å². The highest BCUT2D eigenvalue weighted by atomic mass is 16.4. The first kappa shape index (κ1) is 18.9. The number of rotatable bonds is 8. The molecule has 0 aromatic heterocycles. The zero-order valence-electron chi connectivity index (χ0n) is 14.1. The van der Waals surface area contributed by atoms with Gasteiger partial charge in [-0.2, -0.15) is 0 Å². The quantitative estimate of drug-likeness (QED) is 0.654. The maximum absolute atomic E-state index is 12.0. The summed E-state index contributed by atoms with van der Waals surface area (Å²) >= 11 is 0. The van der Waals surface area contributed by atoms with Gasteiger partial charge in [0, 0.05) is 13.0 Å². The van der Waals surface area contributed by atoms with Crippen LogP contribution in [0.25, 0.3) is 0 Å². The van der Waals surface area contributed by atoms with Crippen LogP contribution in [-0.2, 0) is 20.9 Å². The molecular weight excluding hydrogens is 324 g/mol. The van der Waals surface area contributed by atoms with Gasteiger partial charge in [0.2, 0.25) is 5.91 Å². The lowest BCUT2D eigenvalue weighted by Crippen LogP contribution is -2.43. The van der Waals surface area contributed by atoms with Crippen LogP contribution in [-0.4, -0.2) is 52.1 Å². The van der Waals surface area contributed by atoms with Gasteiger partial charge in [-0.3, -0.25) is 14.5 Å². The highest BCUT2D eigenvalue weighted by molar-refractivity contribution is 5.86. The molecule has 1 saturated heterocycles. The zero-order valence-corrected chi connectivity index (χ0v) is 14.1. The first-order valence-electron chi connectivity index (χ1n) is 8.44. The van der Waals surface area contributed by atoms with Crippen LogP contribution in [0.3, 0.4) is 0 Å². The molecule has 1 atom stereocenters. The lowest BCUT2D eigenvalue weighted by Gasteiger charge is -2.31. The number of carboxylic acids is 2. The Kier molecular flexibility index (Phi) is 6.94. The lowest BCUT2D eigenvalue weighted by atomic mass is 9.92. The molecule has 1 aliphatic rings. The van der Waals surface area contributed by atoms with Gasteiger partial charge >= 0.3 is 11.9 Å². The van der Waals surface area contributed by atoms with E-state index in [4.69, 9.17) is 10.2 Å². The van der Waals surface area contributed by atoms with Crippen molar-refractivity contribution in [2.45, 2.75) is 38.3 Å². The normalized spacial score (nSPS) is 17.0. The summed E-state index contributed by atoms with van der Waals surface area (Å²) in [5.41, 5.74) is 1.26. The van der Waals surface area contributed by atoms with E-state index < -0.39 is 30.3 Å². The maximum Gasteiger partial charge on any atom is 0.326 e. The summed E-state index contributed by atoms with van der Waals surface area (Å²) in [5.74, 6) is -2.77. The number of carbonyl (C=O) groups is 3. The first-order chi connectivity index (χ1) is 11.9. The van der Waals surface area contributed by atoms with E-state index in [1.165, 1.54) is 5.56 Å². The molecule has 7 nitrogen and oxygen atoms in total. The minimum Gasteiger partial charge on any atom is -0.481 e. The zero-order chi connectivity index (χ0) is 18.2. The van der Waals surface area contributed by atoms with Gasteiger partial charge in [-0.15, -0.1) is 0 Å². The van der Waals surface area contributed by atoms with Gasteiger partial charge in [0.05, 0.1) is 6.42 Å². The van der Waals surface area contributed by atoms with E-state index in [2.05, 4.69) is 22.3 Å². The van der Waals surface area contributed by atoms with Crippen LogP contribution >= 0.6 is 0 Å². The molecule has 0 unspecified atom stereocenters. The predicted octanol–water partition coefficient (Wildman–Crippen LogP) is 1.33. The summed E-state index contributed by atoms with van der Waals surface area (Å²) in [5, 5.41) is 20.0. The summed E-state index contributed by atoms with van der Waals surface area (Å²) < 4.78 is 0. The number of hydrogen-bond acceptors (Lipinski definition) is 4. The van der Waals surface area contributed by atoms with Crippen LogP contribution in [0.2, 0.25) is 0 Å². The van der Waals surface area contributed by atoms with E-state index in [1.807, 2.05) is 18.2 Å². The van der Waals surface area contributed by atoms with Crippen LogP contribution in [0.5, 0.6) is 0 Å². The van der Waals surface area contributed by atoms with Crippen molar-refractivity contribution in [3.05, 3.63) is 35.9 Å². The fourth-order valence-electron chi connectivity index (χ4n) is 3.08. The van der Waals surface area contributed by atoms with E-state index >= 15 is 0 Å². The van der Waals surface area contributed by atoms with Gasteiger partial charge < -0.3 is 15.5 Å². The number of piperidine rings is 1. The monoisotopic (exact) mass is 348 g/mol. The lowest BCUT2D eigenvalue weighted by molar-refractivity contribution is -0.147. The molecular formula is C18H24N2O5. The first-order valence-corrected chi connectivity index (χ1v) is 8.44. The van der Waals surface area contributed by atoms with Crippen LogP contribution in [0.4, 0.5) is 0 Å². The van der Waals surface area contributed by atoms with Crippen LogP contribution < -0.4 is 5.32 Å². The molecule has 0 saturated carbocycles. The highest BCUT2D eigenvalue weighted by Crippen LogP contribution is 2.22. The van der Waals surface area contributed by atoms with E-state index in [-0.39, 0.29) is 12.3 Å². The second-order valence-electron chi connectivity index (χ2n) is 6.47. The van der Waals surface area contributed by atoms with Crippen molar-refractivity contribution in [1.82, 2.24) is 10.2 Å². The van der Waals surface area contributed by atoms with Crippen molar-refractivity contribution >= 4 is 17.8 Å². The molecule has 1 amide bonds. The van der Waals surface area contributed by atoms with Crippen molar-refractivity contribution < 1.29 is 24.6 Å². The third kappa shape index (κ3) is 6.54. The molecule has 1 fully saturated rings. The van der Waals surface area contributed by atoms with Gasteiger partial charge in [0.25, 0.3) is 0 Å². The van der Waals surface area contributed by atoms with E-state index in [9.17, 15) is 14.4 Å². The molecule has 1 heterocycles. The van der Waals surface area contributed by atoms with E-state index in [0.717, 1.165) is 32.5 Å². The summed E-state index contributed by atoms with van der Waals surface area (Å²) in [7, 11) is 0. The van der Waals surface area contributed by atoms with Crippen LogP contribution in [0, 0.1) is 5.92 Å². The Balaban J connectivity index is 1.74. The number of hydrogen-bond donors (Lipinski definition) is 3. The highest BCUT2D eigenvalue weighted by Gasteiger charge is 2.26. The summed E-state index contributed by atoms with van der Waals surface area (Å²) in [6.07, 6.45) is 1.37. The fourth-order valence-corrected chi connectivity index (χ4v) is 3.08. The third-order valence-corrected chi connectivity index (χ3v) is 4.44. The predicted molar refractivity (Wildman–Crippen MR) is 90.9 cm³/mol. The number of nitrogens with one attached hydrogen (secondary N) is 1. The topological polar surface area (TPSA) is 107 Å². The van der Waals surface area contributed by atoms with Crippen molar-refractivity contribution in [2.75, 3.05) is 13.1 Å². The Hall–Kier alpha value is -2.41. The van der Waals surface area contributed by atoms with Crippen molar-refractivity contribution in [2.24, 2.45) is 5.92 Å². The molecule has 0 bridgehead atoms. The number of benzene rings is 1.